The summed E-state index contributed by atoms with van der Waals surface area (Å²) < 4.78 is 2.42. The fourth-order valence-electron chi connectivity index (χ4n) is 1.94. The minimum absolute atomic E-state index is 0.149. The number of anilines is 1. The summed E-state index contributed by atoms with van der Waals surface area (Å²) in [5.74, 6) is 0.340. The maximum Gasteiger partial charge on any atom is 0.247 e. The van der Waals surface area contributed by atoms with Crippen LogP contribution in [0.4, 0.5) is 5.82 Å². The van der Waals surface area contributed by atoms with E-state index in [1.54, 1.807) is 23.1 Å². The first kappa shape index (κ1) is 12.8. The molecule has 3 aromatic rings. The number of fused-ring (bicyclic) bond motifs is 1. The molecular weight excluding hydrogens is 320 g/mol. The highest BCUT2D eigenvalue weighted by molar-refractivity contribution is 9.10. The van der Waals surface area contributed by atoms with Crippen LogP contribution < -0.4 is 5.32 Å². The first-order valence-electron chi connectivity index (χ1n) is 6.05. The Balaban J connectivity index is 1.78. The number of aromatic nitrogens is 3. The van der Waals surface area contributed by atoms with E-state index in [4.69, 9.17) is 0 Å². The minimum Gasteiger partial charge on any atom is -0.308 e. The third-order valence-corrected chi connectivity index (χ3v) is 3.50. The van der Waals surface area contributed by atoms with Crippen LogP contribution in [0.3, 0.4) is 0 Å². The summed E-state index contributed by atoms with van der Waals surface area (Å²) in [6.45, 7) is 0.149. The summed E-state index contributed by atoms with van der Waals surface area (Å²) in [6.07, 6.45) is 3.38. The van der Waals surface area contributed by atoms with Crippen molar-refractivity contribution in [3.63, 3.8) is 0 Å². The molecule has 0 saturated heterocycles. The normalized spacial score (nSPS) is 10.7. The van der Waals surface area contributed by atoms with Gasteiger partial charge in [0.25, 0.3) is 0 Å². The molecule has 0 bridgehead atoms. The molecule has 0 atom stereocenters. The van der Waals surface area contributed by atoms with Gasteiger partial charge in [-0.2, -0.15) is 5.10 Å². The van der Waals surface area contributed by atoms with Gasteiger partial charge in [0, 0.05) is 11.6 Å². The van der Waals surface area contributed by atoms with Gasteiger partial charge in [-0.15, -0.1) is 0 Å². The van der Waals surface area contributed by atoms with Crippen molar-refractivity contribution >= 4 is 38.6 Å². The molecule has 0 aliphatic rings. The zero-order valence-corrected chi connectivity index (χ0v) is 12.0. The topological polar surface area (TPSA) is 59.8 Å². The van der Waals surface area contributed by atoms with Crippen LogP contribution in [0.25, 0.3) is 10.9 Å². The van der Waals surface area contributed by atoms with E-state index in [9.17, 15) is 4.79 Å². The predicted molar refractivity (Wildman–Crippen MR) is 80.3 cm³/mol. The average molecular weight is 331 g/mol. The summed E-state index contributed by atoms with van der Waals surface area (Å²) in [5.41, 5.74) is 0.933. The number of nitrogens with zero attached hydrogens (tertiary/aromatic N) is 3. The number of halogens is 1. The quantitative estimate of drug-likeness (QED) is 0.803. The molecule has 0 aliphatic heterocycles. The molecule has 20 heavy (non-hydrogen) atoms. The highest BCUT2D eigenvalue weighted by Crippen LogP contribution is 2.18. The van der Waals surface area contributed by atoms with E-state index in [2.05, 4.69) is 31.3 Å². The van der Waals surface area contributed by atoms with Gasteiger partial charge in [0.15, 0.2) is 0 Å². The van der Waals surface area contributed by atoms with E-state index in [1.165, 1.54) is 0 Å². The molecule has 1 N–H and O–H groups in total. The smallest absolute Gasteiger partial charge is 0.247 e. The highest BCUT2D eigenvalue weighted by atomic mass is 79.9. The molecule has 0 unspecified atom stereocenters. The number of para-hydroxylation sites is 1. The van der Waals surface area contributed by atoms with Crippen molar-refractivity contribution in [2.75, 3.05) is 5.32 Å². The molecule has 3 rings (SSSR count). The maximum absolute atomic E-state index is 12.0. The van der Waals surface area contributed by atoms with E-state index in [0.29, 0.717) is 5.82 Å². The van der Waals surface area contributed by atoms with Gasteiger partial charge >= 0.3 is 0 Å². The summed E-state index contributed by atoms with van der Waals surface area (Å²) in [4.78, 5) is 16.1. The minimum atomic E-state index is -0.168. The molecule has 6 heteroatoms. The number of hydrogen-bond donors (Lipinski definition) is 1. The van der Waals surface area contributed by atoms with Gasteiger partial charge in [-0.05, 0) is 34.1 Å². The second-order valence-electron chi connectivity index (χ2n) is 4.24. The molecule has 1 amide bonds. The lowest BCUT2D eigenvalue weighted by Crippen LogP contribution is -2.20. The molecule has 0 radical (unpaired) electrons. The highest BCUT2D eigenvalue weighted by Gasteiger charge is 2.09. The van der Waals surface area contributed by atoms with E-state index < -0.39 is 0 Å². The lowest BCUT2D eigenvalue weighted by atomic mass is 10.2. The number of carbonyl (C=O) groups excluding carboxylic acids is 1. The van der Waals surface area contributed by atoms with Gasteiger partial charge in [-0.1, -0.05) is 18.2 Å². The van der Waals surface area contributed by atoms with Crippen LogP contribution in [0, 0.1) is 0 Å². The van der Waals surface area contributed by atoms with Gasteiger partial charge < -0.3 is 5.32 Å². The average Bonchev–Trinajstić information content (AvgIpc) is 2.85. The lowest BCUT2D eigenvalue weighted by molar-refractivity contribution is -0.116. The molecule has 1 aromatic carbocycles. The van der Waals surface area contributed by atoms with Crippen LogP contribution in [-0.2, 0) is 11.3 Å². The maximum atomic E-state index is 12.0. The molecule has 100 valence electrons. The molecule has 0 aliphatic carbocycles. The van der Waals surface area contributed by atoms with Crippen molar-refractivity contribution in [3.05, 3.63) is 53.3 Å². The Morgan fingerprint density at radius 3 is 2.95 bits per heavy atom. The van der Waals surface area contributed by atoms with Crippen LogP contribution in [0.2, 0.25) is 0 Å². The van der Waals surface area contributed by atoms with Crippen molar-refractivity contribution < 1.29 is 4.79 Å². The molecule has 2 aromatic heterocycles. The number of carbonyl (C=O) groups is 1. The Labute approximate surface area is 123 Å². The number of pyridine rings is 1. The van der Waals surface area contributed by atoms with Gasteiger partial charge in [-0.25, -0.2) is 4.98 Å². The first-order valence-corrected chi connectivity index (χ1v) is 6.84. The molecule has 0 spiro atoms. The lowest BCUT2D eigenvalue weighted by Gasteiger charge is -2.06. The predicted octanol–water partition coefficient (Wildman–Crippen LogP) is 2.83. The number of benzene rings is 1. The Kier molecular flexibility index (Phi) is 3.47. The van der Waals surface area contributed by atoms with Crippen LogP contribution in [0.5, 0.6) is 0 Å². The second-order valence-corrected chi connectivity index (χ2v) is 5.10. The van der Waals surface area contributed by atoms with Gasteiger partial charge in [-0.3, -0.25) is 9.48 Å². The Morgan fingerprint density at radius 1 is 1.25 bits per heavy atom. The van der Waals surface area contributed by atoms with Crippen LogP contribution >= 0.6 is 15.9 Å². The standard InChI is InChI=1S/C14H11BrN4O/c15-11-5-3-7-16-14(11)18-13(20)9-19-12-6-2-1-4-10(12)8-17-19/h1-8H,9H2,(H,16,18,20). The first-order chi connectivity index (χ1) is 9.74. The molecular formula is C14H11BrN4O. The van der Waals surface area contributed by atoms with Crippen molar-refractivity contribution in [3.8, 4) is 0 Å². The number of hydrogen-bond acceptors (Lipinski definition) is 3. The number of amides is 1. The van der Waals surface area contributed by atoms with Gasteiger partial charge in [0.2, 0.25) is 5.91 Å². The Morgan fingerprint density at radius 2 is 2.10 bits per heavy atom. The third-order valence-electron chi connectivity index (χ3n) is 2.86. The van der Waals surface area contributed by atoms with E-state index in [-0.39, 0.29) is 12.5 Å². The van der Waals surface area contributed by atoms with Crippen LogP contribution in [0.1, 0.15) is 0 Å². The number of rotatable bonds is 3. The number of nitrogens with one attached hydrogen (secondary N) is 1. The zero-order valence-electron chi connectivity index (χ0n) is 10.5. The second kappa shape index (κ2) is 5.42. The summed E-state index contributed by atoms with van der Waals surface area (Å²) in [6, 6.07) is 11.4. The summed E-state index contributed by atoms with van der Waals surface area (Å²) in [7, 11) is 0. The van der Waals surface area contributed by atoms with Crippen LogP contribution in [-0.4, -0.2) is 20.7 Å². The van der Waals surface area contributed by atoms with E-state index >= 15 is 0 Å². The molecule has 2 heterocycles. The molecule has 5 nitrogen and oxygen atoms in total. The Hall–Kier alpha value is -2.21. The third kappa shape index (κ3) is 2.55. The van der Waals surface area contributed by atoms with Gasteiger partial charge in [0.1, 0.15) is 12.4 Å². The van der Waals surface area contributed by atoms with Crippen molar-refractivity contribution in [1.29, 1.82) is 0 Å². The largest absolute Gasteiger partial charge is 0.308 e. The molecule has 0 fully saturated rings. The fraction of sp³-hybridized carbons (Fsp3) is 0.0714. The Bertz CT molecular complexity index is 768. The van der Waals surface area contributed by atoms with Crippen molar-refractivity contribution in [2.45, 2.75) is 6.54 Å². The van der Waals surface area contributed by atoms with E-state index in [0.717, 1.165) is 15.4 Å². The van der Waals surface area contributed by atoms with E-state index in [1.807, 2.05) is 30.3 Å². The summed E-state index contributed by atoms with van der Waals surface area (Å²) in [5, 5.41) is 7.99. The summed E-state index contributed by atoms with van der Waals surface area (Å²) >= 11 is 3.34. The fourth-order valence-corrected chi connectivity index (χ4v) is 2.29. The zero-order chi connectivity index (χ0) is 13.9. The molecule has 0 saturated carbocycles. The van der Waals surface area contributed by atoms with Gasteiger partial charge in [0.05, 0.1) is 16.2 Å². The van der Waals surface area contributed by atoms with Crippen LogP contribution in [0.15, 0.2) is 53.3 Å². The van der Waals surface area contributed by atoms with Crippen molar-refractivity contribution in [1.82, 2.24) is 14.8 Å². The SMILES string of the molecule is O=C(Cn1ncc2ccccc21)Nc1ncccc1Br. The monoisotopic (exact) mass is 330 g/mol. The van der Waals surface area contributed by atoms with Crippen molar-refractivity contribution in [2.24, 2.45) is 0 Å².